The Labute approximate surface area is 155 Å². The minimum Gasteiger partial charge on any atom is -0.373 e. The van der Waals surface area contributed by atoms with E-state index in [2.05, 4.69) is 56.6 Å². The minimum atomic E-state index is 0.167. The van der Waals surface area contributed by atoms with Gasteiger partial charge in [0, 0.05) is 38.2 Å². The van der Waals surface area contributed by atoms with Gasteiger partial charge in [-0.2, -0.15) is 0 Å². The Morgan fingerprint density at radius 1 is 1.04 bits per heavy atom. The Hall–Kier alpha value is -2.14. The number of piperidine rings is 1. The molecule has 0 saturated carbocycles. The van der Waals surface area contributed by atoms with Crippen LogP contribution in [0.3, 0.4) is 0 Å². The summed E-state index contributed by atoms with van der Waals surface area (Å²) in [6, 6.07) is 12.7. The zero-order valence-electron chi connectivity index (χ0n) is 15.3. The second kappa shape index (κ2) is 8.49. The van der Waals surface area contributed by atoms with Gasteiger partial charge in [-0.3, -0.25) is 0 Å². The predicted molar refractivity (Wildman–Crippen MR) is 104 cm³/mol. The normalized spacial score (nSPS) is 23.6. The molecular weight excluding hydrogens is 324 g/mol. The first-order chi connectivity index (χ1) is 12.9. The van der Waals surface area contributed by atoms with Crippen LogP contribution >= 0.6 is 0 Å². The molecule has 26 heavy (non-hydrogen) atoms. The van der Waals surface area contributed by atoms with Gasteiger partial charge < -0.3 is 15.0 Å². The summed E-state index contributed by atoms with van der Waals surface area (Å²) >= 11 is 0. The van der Waals surface area contributed by atoms with Gasteiger partial charge in [-0.15, -0.1) is 0 Å². The molecule has 1 N–H and O–H groups in total. The van der Waals surface area contributed by atoms with Crippen LogP contribution < -0.4 is 10.2 Å². The van der Waals surface area contributed by atoms with Gasteiger partial charge >= 0.3 is 0 Å². The van der Waals surface area contributed by atoms with Gasteiger partial charge in [0.2, 0.25) is 0 Å². The van der Waals surface area contributed by atoms with E-state index in [0.29, 0.717) is 5.92 Å². The van der Waals surface area contributed by atoms with Crippen LogP contribution in [0.5, 0.6) is 0 Å². The summed E-state index contributed by atoms with van der Waals surface area (Å²) in [5, 5.41) is 3.54. The number of hydrogen-bond donors (Lipinski definition) is 1. The number of anilines is 2. The van der Waals surface area contributed by atoms with Gasteiger partial charge in [0.05, 0.1) is 6.10 Å². The Balaban J connectivity index is 1.41. The maximum atomic E-state index is 6.10. The monoisotopic (exact) mass is 352 g/mol. The lowest BCUT2D eigenvalue weighted by Gasteiger charge is -2.32. The molecule has 4 rings (SSSR count). The van der Waals surface area contributed by atoms with Gasteiger partial charge in [-0.05, 0) is 37.7 Å². The number of ether oxygens (including phenoxy) is 1. The zero-order valence-corrected chi connectivity index (χ0v) is 15.3. The van der Waals surface area contributed by atoms with E-state index in [1.807, 2.05) is 0 Å². The lowest BCUT2D eigenvalue weighted by atomic mass is 9.89. The molecule has 138 valence electrons. The molecule has 3 heterocycles. The van der Waals surface area contributed by atoms with E-state index in [4.69, 9.17) is 4.74 Å². The van der Waals surface area contributed by atoms with Crippen molar-refractivity contribution in [3.63, 3.8) is 0 Å². The van der Waals surface area contributed by atoms with Crippen LogP contribution in [0.2, 0.25) is 0 Å². The van der Waals surface area contributed by atoms with Gasteiger partial charge in [0.25, 0.3) is 0 Å². The predicted octanol–water partition coefficient (Wildman–Crippen LogP) is 4.05. The fourth-order valence-electron chi connectivity index (χ4n) is 4.04. The average Bonchev–Trinajstić information content (AvgIpc) is 2.74. The number of benzene rings is 1. The number of aromatic nitrogens is 2. The molecule has 2 atom stereocenters. The summed E-state index contributed by atoms with van der Waals surface area (Å²) in [5.74, 6) is 2.42. The van der Waals surface area contributed by atoms with Gasteiger partial charge in [0.15, 0.2) is 0 Å². The van der Waals surface area contributed by atoms with E-state index in [9.17, 15) is 0 Å². The van der Waals surface area contributed by atoms with Crippen LogP contribution in [0.4, 0.5) is 11.6 Å². The molecule has 2 unspecified atom stereocenters. The molecule has 2 aromatic rings. The second-order valence-corrected chi connectivity index (χ2v) is 7.29. The SMILES string of the molecule is c1ccc(C2OCCCC2CNc2cc(N3CCCCC3)ncn2)cc1. The van der Waals surface area contributed by atoms with Crippen molar-refractivity contribution in [1.82, 2.24) is 9.97 Å². The zero-order chi connectivity index (χ0) is 17.6. The number of rotatable bonds is 5. The molecule has 1 aromatic heterocycles. The molecular formula is C21H28N4O. The van der Waals surface area contributed by atoms with Crippen LogP contribution in [-0.4, -0.2) is 36.2 Å². The highest BCUT2D eigenvalue weighted by Gasteiger charge is 2.27. The lowest BCUT2D eigenvalue weighted by Crippen LogP contribution is -2.30. The smallest absolute Gasteiger partial charge is 0.134 e. The third kappa shape index (κ3) is 4.15. The topological polar surface area (TPSA) is 50.3 Å². The van der Waals surface area contributed by atoms with Crippen molar-refractivity contribution in [3.05, 3.63) is 48.3 Å². The second-order valence-electron chi connectivity index (χ2n) is 7.29. The van der Waals surface area contributed by atoms with Crippen molar-refractivity contribution in [2.45, 2.75) is 38.2 Å². The van der Waals surface area contributed by atoms with Crippen LogP contribution in [-0.2, 0) is 4.74 Å². The van der Waals surface area contributed by atoms with Crippen LogP contribution in [0.15, 0.2) is 42.7 Å². The average molecular weight is 352 g/mol. The molecule has 5 nitrogen and oxygen atoms in total. The number of nitrogens with zero attached hydrogens (tertiary/aromatic N) is 3. The molecule has 0 aliphatic carbocycles. The molecule has 0 spiro atoms. The maximum Gasteiger partial charge on any atom is 0.134 e. The fraction of sp³-hybridized carbons (Fsp3) is 0.524. The summed E-state index contributed by atoms with van der Waals surface area (Å²) in [6.07, 6.45) is 7.99. The molecule has 2 aliphatic heterocycles. The Kier molecular flexibility index (Phi) is 5.65. The van der Waals surface area contributed by atoms with E-state index >= 15 is 0 Å². The Bertz CT molecular complexity index is 687. The van der Waals surface area contributed by atoms with Crippen molar-refractivity contribution in [1.29, 1.82) is 0 Å². The first kappa shape index (κ1) is 17.3. The van der Waals surface area contributed by atoms with E-state index in [1.54, 1.807) is 6.33 Å². The quantitative estimate of drug-likeness (QED) is 0.880. The molecule has 0 amide bonds. The first-order valence-corrected chi connectivity index (χ1v) is 9.87. The summed E-state index contributed by atoms with van der Waals surface area (Å²) < 4.78 is 6.10. The molecule has 2 saturated heterocycles. The molecule has 2 aliphatic rings. The van der Waals surface area contributed by atoms with Crippen molar-refractivity contribution in [2.24, 2.45) is 5.92 Å². The molecule has 2 fully saturated rings. The van der Waals surface area contributed by atoms with E-state index in [1.165, 1.54) is 31.2 Å². The number of hydrogen-bond acceptors (Lipinski definition) is 5. The first-order valence-electron chi connectivity index (χ1n) is 9.87. The third-order valence-electron chi connectivity index (χ3n) is 5.45. The summed E-state index contributed by atoms with van der Waals surface area (Å²) in [7, 11) is 0. The highest BCUT2D eigenvalue weighted by Crippen LogP contribution is 2.33. The minimum absolute atomic E-state index is 0.167. The van der Waals surface area contributed by atoms with Gasteiger partial charge in [-0.25, -0.2) is 9.97 Å². The molecule has 0 bridgehead atoms. The van der Waals surface area contributed by atoms with Gasteiger partial charge in [-0.1, -0.05) is 30.3 Å². The van der Waals surface area contributed by atoms with Crippen molar-refractivity contribution in [2.75, 3.05) is 36.5 Å². The molecule has 0 radical (unpaired) electrons. The maximum absolute atomic E-state index is 6.10. The largest absolute Gasteiger partial charge is 0.373 e. The van der Waals surface area contributed by atoms with Crippen molar-refractivity contribution < 1.29 is 4.74 Å². The highest BCUT2D eigenvalue weighted by molar-refractivity contribution is 5.48. The van der Waals surface area contributed by atoms with E-state index in [-0.39, 0.29) is 6.10 Å². The van der Waals surface area contributed by atoms with Crippen LogP contribution in [0.25, 0.3) is 0 Å². The highest BCUT2D eigenvalue weighted by atomic mass is 16.5. The molecule has 5 heteroatoms. The van der Waals surface area contributed by atoms with Crippen LogP contribution in [0.1, 0.15) is 43.8 Å². The third-order valence-corrected chi connectivity index (χ3v) is 5.45. The van der Waals surface area contributed by atoms with E-state index < -0.39 is 0 Å². The summed E-state index contributed by atoms with van der Waals surface area (Å²) in [4.78, 5) is 11.3. The Morgan fingerprint density at radius 2 is 1.88 bits per heavy atom. The lowest BCUT2D eigenvalue weighted by molar-refractivity contribution is -0.0238. The van der Waals surface area contributed by atoms with Crippen molar-refractivity contribution in [3.8, 4) is 0 Å². The molecule has 1 aromatic carbocycles. The van der Waals surface area contributed by atoms with Crippen molar-refractivity contribution >= 4 is 11.6 Å². The van der Waals surface area contributed by atoms with Crippen LogP contribution in [0, 0.1) is 5.92 Å². The Morgan fingerprint density at radius 3 is 2.73 bits per heavy atom. The number of nitrogens with one attached hydrogen (secondary N) is 1. The summed E-state index contributed by atoms with van der Waals surface area (Å²) in [6.45, 7) is 3.92. The fourth-order valence-corrected chi connectivity index (χ4v) is 4.04. The van der Waals surface area contributed by atoms with E-state index in [0.717, 1.165) is 44.3 Å². The van der Waals surface area contributed by atoms with Gasteiger partial charge in [0.1, 0.15) is 18.0 Å². The standard InChI is InChI=1S/C21H28N4O/c1-3-8-17(9-4-1)21-18(10-7-13-26-21)15-22-19-14-20(24-16-23-19)25-11-5-2-6-12-25/h1,3-4,8-9,14,16,18,21H,2,5-7,10-13,15H2,(H,22,23,24). The summed E-state index contributed by atoms with van der Waals surface area (Å²) in [5.41, 5.74) is 1.27.